The summed E-state index contributed by atoms with van der Waals surface area (Å²) in [5.41, 5.74) is 4.80. The van der Waals surface area contributed by atoms with Crippen LogP contribution in [0.2, 0.25) is 0 Å². The van der Waals surface area contributed by atoms with Crippen molar-refractivity contribution in [2.45, 2.75) is 89.3 Å². The average molecular weight is 478 g/mol. The quantitative estimate of drug-likeness (QED) is 0.551. The van der Waals surface area contributed by atoms with Crippen LogP contribution < -0.4 is 10.6 Å². The number of likely N-dealkylation sites (tertiary alicyclic amines) is 1. The highest BCUT2D eigenvalue weighted by Crippen LogP contribution is 2.37. The van der Waals surface area contributed by atoms with Crippen LogP contribution >= 0.6 is 0 Å². The molecule has 1 unspecified atom stereocenters. The maximum Gasteiger partial charge on any atom is 0.246 e. The molecule has 1 aliphatic heterocycles. The number of likely N-dealkylation sites (N-methyl/N-ethyl adjacent to an activating group) is 1. The number of hydrogen-bond donors (Lipinski definition) is 3. The molecule has 1 saturated heterocycles. The van der Waals surface area contributed by atoms with Gasteiger partial charge in [-0.05, 0) is 64.0 Å². The Bertz CT molecular complexity index is 1060. The molecule has 7 nitrogen and oxygen atoms in total. The summed E-state index contributed by atoms with van der Waals surface area (Å²) in [6.45, 7) is 2.56. The van der Waals surface area contributed by atoms with Crippen LogP contribution in [0.25, 0.3) is 11.3 Å². The van der Waals surface area contributed by atoms with Crippen LogP contribution in [0.4, 0.5) is 0 Å². The predicted molar refractivity (Wildman–Crippen MR) is 137 cm³/mol. The highest BCUT2D eigenvalue weighted by molar-refractivity contribution is 5.90. The van der Waals surface area contributed by atoms with Gasteiger partial charge in [0, 0.05) is 12.1 Å². The number of carbonyl (C=O) groups is 2. The van der Waals surface area contributed by atoms with Gasteiger partial charge >= 0.3 is 0 Å². The molecule has 7 heteroatoms. The minimum absolute atomic E-state index is 0.0609. The van der Waals surface area contributed by atoms with Crippen molar-refractivity contribution in [2.75, 3.05) is 13.6 Å². The highest BCUT2D eigenvalue weighted by atomic mass is 16.2. The first-order chi connectivity index (χ1) is 17.1. The van der Waals surface area contributed by atoms with E-state index in [1.54, 1.807) is 7.05 Å². The van der Waals surface area contributed by atoms with Crippen molar-refractivity contribution in [3.05, 3.63) is 41.3 Å². The Kier molecular flexibility index (Phi) is 7.23. The summed E-state index contributed by atoms with van der Waals surface area (Å²) in [5.74, 6) is 1.05. The Hall–Kier alpha value is -2.67. The molecule has 2 amide bonds. The maximum atomic E-state index is 14.1. The number of fused-ring (bicyclic) bond motifs is 3. The molecular weight excluding hydrogens is 438 g/mol. The summed E-state index contributed by atoms with van der Waals surface area (Å²) in [6, 6.07) is 7.65. The molecule has 1 saturated carbocycles. The summed E-state index contributed by atoms with van der Waals surface area (Å²) in [4.78, 5) is 37.6. The summed E-state index contributed by atoms with van der Waals surface area (Å²) in [6.07, 6.45) is 10.4. The molecule has 2 fully saturated rings. The molecule has 1 aromatic heterocycles. The summed E-state index contributed by atoms with van der Waals surface area (Å²) >= 11 is 0. The Morgan fingerprint density at radius 2 is 1.83 bits per heavy atom. The number of nitrogens with zero attached hydrogens (tertiary/aromatic N) is 2. The van der Waals surface area contributed by atoms with E-state index in [1.165, 1.54) is 24.0 Å². The second kappa shape index (κ2) is 10.5. The zero-order valence-electron chi connectivity index (χ0n) is 21.1. The second-order valence-electron chi connectivity index (χ2n) is 10.5. The Morgan fingerprint density at radius 3 is 2.60 bits per heavy atom. The van der Waals surface area contributed by atoms with Crippen LogP contribution in [0.15, 0.2) is 24.3 Å². The number of carbonyl (C=O) groups excluding carboxylic acids is 2. The van der Waals surface area contributed by atoms with Gasteiger partial charge in [-0.2, -0.15) is 0 Å². The number of benzene rings is 1. The van der Waals surface area contributed by atoms with E-state index in [-0.39, 0.29) is 29.8 Å². The largest absolute Gasteiger partial charge is 0.343 e. The third kappa shape index (κ3) is 4.88. The zero-order valence-corrected chi connectivity index (χ0v) is 21.1. The maximum absolute atomic E-state index is 14.1. The molecule has 3 aliphatic rings. The van der Waals surface area contributed by atoms with Gasteiger partial charge in [0.1, 0.15) is 11.9 Å². The SMILES string of the molecule is CN[C@@H](C)C(=O)N[C@H](C(=O)N1CCCC1c1nc2c([nH]1)-c1ccccc1CC2)C1CCCCCC1. The van der Waals surface area contributed by atoms with Gasteiger partial charge in [0.2, 0.25) is 11.8 Å². The normalized spacial score (nSPS) is 22.1. The standard InChI is InChI=1S/C28H39N5O2/c1-18(29-2)27(34)32-24(20-11-5-3-4-6-12-20)28(35)33-17-9-14-23(33)26-30-22-16-15-19-10-7-8-13-21(19)25(22)31-26/h7-8,10,13,18,20,23-24,29H,3-6,9,11-12,14-17H2,1-2H3,(H,30,31)(H,32,34)/t18-,23?,24-/m0/s1. The lowest BCUT2D eigenvalue weighted by Gasteiger charge is -2.33. The zero-order chi connectivity index (χ0) is 24.4. The molecule has 0 radical (unpaired) electrons. The van der Waals surface area contributed by atoms with E-state index < -0.39 is 6.04 Å². The summed E-state index contributed by atoms with van der Waals surface area (Å²) in [7, 11) is 1.78. The molecule has 1 aromatic carbocycles. The van der Waals surface area contributed by atoms with Crippen LogP contribution in [0.3, 0.4) is 0 Å². The summed E-state index contributed by atoms with van der Waals surface area (Å²) < 4.78 is 0. The second-order valence-corrected chi connectivity index (χ2v) is 10.5. The smallest absolute Gasteiger partial charge is 0.246 e. The van der Waals surface area contributed by atoms with E-state index >= 15 is 0 Å². The van der Waals surface area contributed by atoms with Crippen LogP contribution in [-0.4, -0.2) is 52.4 Å². The van der Waals surface area contributed by atoms with Crippen LogP contribution in [0.1, 0.15) is 81.4 Å². The Morgan fingerprint density at radius 1 is 1.06 bits per heavy atom. The van der Waals surface area contributed by atoms with Crippen molar-refractivity contribution in [1.82, 2.24) is 25.5 Å². The fraction of sp³-hybridized carbons (Fsp3) is 0.607. The van der Waals surface area contributed by atoms with Gasteiger partial charge in [-0.25, -0.2) is 4.98 Å². The fourth-order valence-corrected chi connectivity index (χ4v) is 6.15. The van der Waals surface area contributed by atoms with Crippen molar-refractivity contribution < 1.29 is 9.59 Å². The van der Waals surface area contributed by atoms with Crippen molar-refractivity contribution in [2.24, 2.45) is 5.92 Å². The number of nitrogens with one attached hydrogen (secondary N) is 3. The minimum atomic E-state index is -0.470. The van der Waals surface area contributed by atoms with Gasteiger partial charge in [-0.15, -0.1) is 0 Å². The molecule has 2 aromatic rings. The van der Waals surface area contributed by atoms with Gasteiger partial charge in [0.15, 0.2) is 0 Å². The highest BCUT2D eigenvalue weighted by Gasteiger charge is 2.40. The number of rotatable bonds is 6. The van der Waals surface area contributed by atoms with Crippen LogP contribution in [-0.2, 0) is 22.4 Å². The predicted octanol–water partition coefficient (Wildman–Crippen LogP) is 3.90. The summed E-state index contributed by atoms with van der Waals surface area (Å²) in [5, 5.41) is 6.16. The van der Waals surface area contributed by atoms with Gasteiger partial charge in [-0.3, -0.25) is 9.59 Å². The average Bonchev–Trinajstić information content (AvgIpc) is 3.46. The van der Waals surface area contributed by atoms with Crippen molar-refractivity contribution in [3.63, 3.8) is 0 Å². The molecule has 3 atom stereocenters. The Balaban J connectivity index is 1.41. The molecular formula is C28H39N5O2. The number of hydrogen-bond acceptors (Lipinski definition) is 4. The number of aromatic nitrogens is 2. The molecule has 5 rings (SSSR count). The first kappa shape index (κ1) is 24.0. The van der Waals surface area contributed by atoms with Crippen molar-refractivity contribution >= 4 is 11.8 Å². The van der Waals surface area contributed by atoms with Crippen LogP contribution in [0, 0.1) is 5.92 Å². The van der Waals surface area contributed by atoms with E-state index in [0.717, 1.165) is 68.6 Å². The van der Waals surface area contributed by atoms with Gasteiger partial charge in [0.05, 0.1) is 23.5 Å². The first-order valence-corrected chi connectivity index (χ1v) is 13.5. The third-order valence-corrected chi connectivity index (χ3v) is 8.33. The van der Waals surface area contributed by atoms with E-state index in [1.807, 2.05) is 11.8 Å². The van der Waals surface area contributed by atoms with E-state index in [9.17, 15) is 9.59 Å². The fourth-order valence-electron chi connectivity index (χ4n) is 6.15. The van der Waals surface area contributed by atoms with Crippen molar-refractivity contribution in [3.8, 4) is 11.3 Å². The first-order valence-electron chi connectivity index (χ1n) is 13.5. The van der Waals surface area contributed by atoms with E-state index in [0.29, 0.717) is 6.54 Å². The molecule has 2 aliphatic carbocycles. The lowest BCUT2D eigenvalue weighted by Crippen LogP contribution is -2.55. The molecule has 0 bridgehead atoms. The van der Waals surface area contributed by atoms with Gasteiger partial charge < -0.3 is 20.5 Å². The van der Waals surface area contributed by atoms with Crippen LogP contribution in [0.5, 0.6) is 0 Å². The number of aromatic amines is 1. The monoisotopic (exact) mass is 477 g/mol. The van der Waals surface area contributed by atoms with E-state index in [2.05, 4.69) is 39.9 Å². The van der Waals surface area contributed by atoms with Crippen molar-refractivity contribution in [1.29, 1.82) is 0 Å². The Labute approximate surface area is 208 Å². The minimum Gasteiger partial charge on any atom is -0.343 e. The number of H-pyrrole nitrogens is 1. The van der Waals surface area contributed by atoms with Gasteiger partial charge in [0.25, 0.3) is 0 Å². The molecule has 0 spiro atoms. The van der Waals surface area contributed by atoms with E-state index in [4.69, 9.17) is 4.98 Å². The molecule has 3 N–H and O–H groups in total. The lowest BCUT2D eigenvalue weighted by atomic mass is 9.90. The number of amides is 2. The molecule has 188 valence electrons. The van der Waals surface area contributed by atoms with Gasteiger partial charge in [-0.1, -0.05) is 49.9 Å². The number of aryl methyl sites for hydroxylation is 2. The lowest BCUT2D eigenvalue weighted by molar-refractivity contribution is -0.139. The molecule has 2 heterocycles. The molecule has 35 heavy (non-hydrogen) atoms. The topological polar surface area (TPSA) is 90.1 Å². The number of imidazole rings is 1. The third-order valence-electron chi connectivity index (χ3n) is 8.33.